The van der Waals surface area contributed by atoms with E-state index in [9.17, 15) is 9.59 Å². The Hall–Kier alpha value is -1.26. The summed E-state index contributed by atoms with van der Waals surface area (Å²) in [6, 6.07) is 0.0200. The summed E-state index contributed by atoms with van der Waals surface area (Å²) in [5.41, 5.74) is 0.313. The number of carboxylic acids is 1. The molecule has 2 aliphatic carbocycles. The molecular formula is C15H26N2O3. The Morgan fingerprint density at radius 1 is 1.35 bits per heavy atom. The Kier molecular flexibility index (Phi) is 3.73. The highest BCUT2D eigenvalue weighted by Crippen LogP contribution is 2.62. The number of carboxylic acid groups (broad SMARTS) is 1. The average molecular weight is 282 g/mol. The van der Waals surface area contributed by atoms with Crippen molar-refractivity contribution in [1.29, 1.82) is 0 Å². The Morgan fingerprint density at radius 2 is 2.00 bits per heavy atom. The van der Waals surface area contributed by atoms with Crippen LogP contribution in [0.25, 0.3) is 0 Å². The highest BCUT2D eigenvalue weighted by atomic mass is 16.4. The molecule has 3 unspecified atom stereocenters. The van der Waals surface area contributed by atoms with Gasteiger partial charge in [-0.05, 0) is 36.0 Å². The third-order valence-corrected chi connectivity index (χ3v) is 5.55. The lowest BCUT2D eigenvalue weighted by atomic mass is 9.68. The monoisotopic (exact) mass is 282 g/mol. The SMILES string of the molecule is CN(CCC(=O)O)C(=O)NC1C2(C)CCC(C2)C1(C)C. The van der Waals surface area contributed by atoms with E-state index in [1.165, 1.54) is 24.2 Å². The molecular weight excluding hydrogens is 256 g/mol. The maximum Gasteiger partial charge on any atom is 0.317 e. The molecule has 2 fully saturated rings. The number of rotatable bonds is 4. The van der Waals surface area contributed by atoms with Gasteiger partial charge in [0.05, 0.1) is 6.42 Å². The predicted molar refractivity (Wildman–Crippen MR) is 76.4 cm³/mol. The van der Waals surface area contributed by atoms with E-state index in [2.05, 4.69) is 26.1 Å². The van der Waals surface area contributed by atoms with Gasteiger partial charge in [-0.2, -0.15) is 0 Å². The standard InChI is InChI=1S/C15H26N2O3/c1-14(2)10-5-7-15(3,9-10)12(14)16-13(20)17(4)8-6-11(18)19/h10,12H,5-9H2,1-4H3,(H,16,20)(H,18,19). The fraction of sp³-hybridized carbons (Fsp3) is 0.867. The van der Waals surface area contributed by atoms with E-state index in [4.69, 9.17) is 5.11 Å². The molecule has 5 nitrogen and oxygen atoms in total. The van der Waals surface area contributed by atoms with Crippen molar-refractivity contribution in [3.05, 3.63) is 0 Å². The number of hydrogen-bond donors (Lipinski definition) is 2. The van der Waals surface area contributed by atoms with Crippen molar-refractivity contribution in [2.24, 2.45) is 16.7 Å². The van der Waals surface area contributed by atoms with E-state index in [1.54, 1.807) is 7.05 Å². The van der Waals surface area contributed by atoms with Crippen LogP contribution in [0.1, 0.15) is 46.5 Å². The zero-order chi connectivity index (χ0) is 15.1. The van der Waals surface area contributed by atoms with Crippen molar-refractivity contribution in [2.45, 2.75) is 52.5 Å². The molecule has 3 atom stereocenters. The second kappa shape index (κ2) is 4.93. The number of carbonyl (C=O) groups is 2. The summed E-state index contributed by atoms with van der Waals surface area (Å²) in [7, 11) is 1.65. The molecule has 0 saturated heterocycles. The molecule has 2 rings (SSSR count). The third-order valence-electron chi connectivity index (χ3n) is 5.55. The van der Waals surface area contributed by atoms with E-state index in [1.807, 2.05) is 0 Å². The highest BCUT2D eigenvalue weighted by Gasteiger charge is 2.59. The summed E-state index contributed by atoms with van der Waals surface area (Å²) < 4.78 is 0. The molecule has 0 aromatic carbocycles. The number of fused-ring (bicyclic) bond motifs is 2. The molecule has 5 heteroatoms. The Balaban J connectivity index is 1.99. The Labute approximate surface area is 120 Å². The number of urea groups is 1. The van der Waals surface area contributed by atoms with Crippen LogP contribution in [-0.4, -0.2) is 41.6 Å². The molecule has 0 aliphatic heterocycles. The Bertz CT molecular complexity index is 417. The lowest BCUT2D eigenvalue weighted by molar-refractivity contribution is -0.137. The lowest BCUT2D eigenvalue weighted by Crippen LogP contribution is -2.55. The Morgan fingerprint density at radius 3 is 2.50 bits per heavy atom. The number of nitrogens with zero attached hydrogens (tertiary/aromatic N) is 1. The molecule has 0 aromatic heterocycles. The quantitative estimate of drug-likeness (QED) is 0.831. The fourth-order valence-electron chi connectivity index (χ4n) is 4.26. The van der Waals surface area contributed by atoms with Crippen LogP contribution < -0.4 is 5.32 Å². The van der Waals surface area contributed by atoms with E-state index < -0.39 is 5.97 Å². The number of aliphatic carboxylic acids is 1. The van der Waals surface area contributed by atoms with Gasteiger partial charge in [0.1, 0.15) is 0 Å². The van der Waals surface area contributed by atoms with E-state index in [-0.39, 0.29) is 35.9 Å². The van der Waals surface area contributed by atoms with Gasteiger partial charge in [0, 0.05) is 19.6 Å². The number of carbonyl (C=O) groups excluding carboxylic acids is 1. The molecule has 114 valence electrons. The van der Waals surface area contributed by atoms with Crippen molar-refractivity contribution in [3.8, 4) is 0 Å². The molecule has 0 radical (unpaired) electrons. The minimum atomic E-state index is -0.878. The maximum atomic E-state index is 12.2. The molecule has 2 saturated carbocycles. The van der Waals surface area contributed by atoms with Crippen molar-refractivity contribution in [2.75, 3.05) is 13.6 Å². The van der Waals surface area contributed by atoms with E-state index in [0.29, 0.717) is 5.92 Å². The molecule has 0 spiro atoms. The predicted octanol–water partition coefficient (Wildman–Crippen LogP) is 2.32. The molecule has 2 aliphatic rings. The molecule has 2 bridgehead atoms. The summed E-state index contributed by atoms with van der Waals surface area (Å²) >= 11 is 0. The summed E-state index contributed by atoms with van der Waals surface area (Å²) in [6.07, 6.45) is 3.59. The molecule has 2 amide bonds. The van der Waals surface area contributed by atoms with Gasteiger partial charge in [-0.1, -0.05) is 20.8 Å². The van der Waals surface area contributed by atoms with Crippen LogP contribution in [0.5, 0.6) is 0 Å². The van der Waals surface area contributed by atoms with Gasteiger partial charge < -0.3 is 15.3 Å². The summed E-state index contributed by atoms with van der Waals surface area (Å²) in [6.45, 7) is 6.99. The number of hydrogen-bond acceptors (Lipinski definition) is 2. The topological polar surface area (TPSA) is 69.6 Å². The van der Waals surface area contributed by atoms with Gasteiger partial charge in [-0.25, -0.2) is 4.79 Å². The van der Waals surface area contributed by atoms with E-state index in [0.717, 1.165) is 0 Å². The lowest BCUT2D eigenvalue weighted by Gasteiger charge is -2.43. The van der Waals surface area contributed by atoms with E-state index >= 15 is 0 Å². The maximum absolute atomic E-state index is 12.2. The smallest absolute Gasteiger partial charge is 0.317 e. The first kappa shape index (κ1) is 15.1. The van der Waals surface area contributed by atoms with Crippen molar-refractivity contribution in [3.63, 3.8) is 0 Å². The van der Waals surface area contributed by atoms with Crippen molar-refractivity contribution < 1.29 is 14.7 Å². The molecule has 2 N–H and O–H groups in total. The average Bonchev–Trinajstić information content (AvgIpc) is 2.82. The van der Waals surface area contributed by atoms with Crippen LogP contribution in [0.4, 0.5) is 4.79 Å². The second-order valence-corrected chi connectivity index (χ2v) is 7.36. The molecule has 0 aromatic rings. The zero-order valence-electron chi connectivity index (χ0n) is 12.9. The largest absolute Gasteiger partial charge is 0.481 e. The number of amides is 2. The summed E-state index contributed by atoms with van der Waals surface area (Å²) in [5.74, 6) is -0.195. The van der Waals surface area contributed by atoms with Crippen LogP contribution in [0.3, 0.4) is 0 Å². The first-order valence-corrected chi connectivity index (χ1v) is 7.40. The zero-order valence-corrected chi connectivity index (χ0v) is 12.9. The highest BCUT2D eigenvalue weighted by molar-refractivity contribution is 5.75. The first-order chi connectivity index (χ1) is 9.17. The normalized spacial score (nSPS) is 34.0. The van der Waals surface area contributed by atoms with Crippen LogP contribution in [0.2, 0.25) is 0 Å². The van der Waals surface area contributed by atoms with Gasteiger partial charge in [-0.15, -0.1) is 0 Å². The number of nitrogens with one attached hydrogen (secondary N) is 1. The van der Waals surface area contributed by atoms with Gasteiger partial charge in [0.15, 0.2) is 0 Å². The fourth-order valence-corrected chi connectivity index (χ4v) is 4.26. The molecule has 20 heavy (non-hydrogen) atoms. The minimum absolute atomic E-state index is 0.0160. The van der Waals surface area contributed by atoms with Gasteiger partial charge in [0.2, 0.25) is 0 Å². The van der Waals surface area contributed by atoms with Gasteiger partial charge in [0.25, 0.3) is 0 Å². The van der Waals surface area contributed by atoms with Crippen molar-refractivity contribution >= 4 is 12.0 Å². The molecule has 0 heterocycles. The van der Waals surface area contributed by atoms with Crippen LogP contribution >= 0.6 is 0 Å². The van der Waals surface area contributed by atoms with Crippen LogP contribution in [-0.2, 0) is 4.79 Å². The third kappa shape index (κ3) is 2.50. The van der Waals surface area contributed by atoms with Gasteiger partial charge in [-0.3, -0.25) is 4.79 Å². The van der Waals surface area contributed by atoms with Crippen molar-refractivity contribution in [1.82, 2.24) is 10.2 Å². The first-order valence-electron chi connectivity index (χ1n) is 7.40. The summed E-state index contributed by atoms with van der Waals surface area (Å²) in [4.78, 5) is 24.3. The second-order valence-electron chi connectivity index (χ2n) is 7.36. The van der Waals surface area contributed by atoms with Crippen LogP contribution in [0.15, 0.2) is 0 Å². The minimum Gasteiger partial charge on any atom is -0.481 e. The summed E-state index contributed by atoms with van der Waals surface area (Å²) in [5, 5.41) is 11.8. The van der Waals surface area contributed by atoms with Gasteiger partial charge >= 0.3 is 12.0 Å². The van der Waals surface area contributed by atoms with Crippen LogP contribution in [0, 0.1) is 16.7 Å².